The molecule has 1 aromatic rings. The van der Waals surface area contributed by atoms with Crippen molar-refractivity contribution in [3.05, 3.63) is 18.2 Å². The van der Waals surface area contributed by atoms with E-state index in [-0.39, 0.29) is 18.6 Å². The number of imidazole rings is 1. The summed E-state index contributed by atoms with van der Waals surface area (Å²) in [6.07, 6.45) is 4.55. The third-order valence-electron chi connectivity index (χ3n) is 2.56. The van der Waals surface area contributed by atoms with E-state index in [1.54, 1.807) is 6.20 Å². The Labute approximate surface area is 77.2 Å². The smallest absolute Gasteiger partial charge is 0.138 e. The second kappa shape index (κ2) is 3.47. The van der Waals surface area contributed by atoms with Crippen LogP contribution in [-0.4, -0.2) is 27.9 Å². The Morgan fingerprint density at radius 1 is 1.77 bits per heavy atom. The van der Waals surface area contributed by atoms with E-state index in [0.29, 0.717) is 0 Å². The molecule has 0 spiro atoms. The van der Waals surface area contributed by atoms with E-state index in [1.807, 2.05) is 17.8 Å². The number of aryl methyl sites for hydroxylation is 1. The van der Waals surface area contributed by atoms with Gasteiger partial charge in [-0.2, -0.15) is 0 Å². The Morgan fingerprint density at radius 3 is 3.23 bits per heavy atom. The summed E-state index contributed by atoms with van der Waals surface area (Å²) in [5.74, 6) is 1.12. The molecule has 1 N–H and O–H groups in total. The summed E-state index contributed by atoms with van der Waals surface area (Å²) in [5, 5.41) is 9.11. The summed E-state index contributed by atoms with van der Waals surface area (Å²) in [7, 11) is 1.94. The second-order valence-corrected chi connectivity index (χ2v) is 3.42. The zero-order valence-corrected chi connectivity index (χ0v) is 7.68. The first-order chi connectivity index (χ1) is 6.33. The van der Waals surface area contributed by atoms with E-state index in [0.717, 1.165) is 18.9 Å². The molecule has 4 heteroatoms. The van der Waals surface area contributed by atoms with Crippen molar-refractivity contribution in [2.75, 3.05) is 13.2 Å². The maximum atomic E-state index is 9.11. The van der Waals surface area contributed by atoms with Crippen LogP contribution in [0.15, 0.2) is 12.4 Å². The van der Waals surface area contributed by atoms with Gasteiger partial charge in [-0.25, -0.2) is 4.98 Å². The van der Waals surface area contributed by atoms with Crippen molar-refractivity contribution >= 4 is 0 Å². The largest absolute Gasteiger partial charge is 0.396 e. The first-order valence-electron chi connectivity index (χ1n) is 4.52. The van der Waals surface area contributed by atoms with Crippen LogP contribution in [0.2, 0.25) is 0 Å². The third kappa shape index (κ3) is 1.47. The van der Waals surface area contributed by atoms with Gasteiger partial charge in [0.2, 0.25) is 0 Å². The van der Waals surface area contributed by atoms with Crippen LogP contribution in [0.25, 0.3) is 0 Å². The van der Waals surface area contributed by atoms with Crippen molar-refractivity contribution in [3.8, 4) is 0 Å². The van der Waals surface area contributed by atoms with Crippen molar-refractivity contribution in [1.29, 1.82) is 0 Å². The van der Waals surface area contributed by atoms with E-state index in [4.69, 9.17) is 9.84 Å². The van der Waals surface area contributed by atoms with E-state index in [1.165, 1.54) is 0 Å². The molecule has 2 heterocycles. The minimum Gasteiger partial charge on any atom is -0.396 e. The monoisotopic (exact) mass is 182 g/mol. The standard InChI is InChI=1S/C9H14N2O2/c1-11-4-3-10-9(11)8-7(6-12)2-5-13-8/h3-4,7-8,12H,2,5-6H2,1H3/t7-,8-/m0/s1. The molecule has 1 saturated heterocycles. The van der Waals surface area contributed by atoms with Crippen molar-refractivity contribution in [2.24, 2.45) is 13.0 Å². The Hall–Kier alpha value is -0.870. The molecule has 0 aromatic carbocycles. The van der Waals surface area contributed by atoms with Gasteiger partial charge in [-0.05, 0) is 6.42 Å². The molecule has 1 aliphatic heterocycles. The fourth-order valence-corrected chi connectivity index (χ4v) is 1.76. The number of rotatable bonds is 2. The van der Waals surface area contributed by atoms with Gasteiger partial charge in [-0.3, -0.25) is 0 Å². The van der Waals surface area contributed by atoms with Crippen molar-refractivity contribution in [2.45, 2.75) is 12.5 Å². The van der Waals surface area contributed by atoms with Crippen LogP contribution in [0.1, 0.15) is 18.3 Å². The van der Waals surface area contributed by atoms with Gasteiger partial charge in [0.05, 0.1) is 0 Å². The molecular weight excluding hydrogens is 168 g/mol. The van der Waals surface area contributed by atoms with E-state index >= 15 is 0 Å². The summed E-state index contributed by atoms with van der Waals surface area (Å²) >= 11 is 0. The van der Waals surface area contributed by atoms with Crippen LogP contribution in [-0.2, 0) is 11.8 Å². The average Bonchev–Trinajstić information content (AvgIpc) is 2.71. The fraction of sp³-hybridized carbons (Fsp3) is 0.667. The van der Waals surface area contributed by atoms with E-state index in [9.17, 15) is 0 Å². The van der Waals surface area contributed by atoms with E-state index < -0.39 is 0 Å². The number of aliphatic hydroxyl groups excluding tert-OH is 1. The lowest BCUT2D eigenvalue weighted by Crippen LogP contribution is -2.15. The van der Waals surface area contributed by atoms with Gasteiger partial charge >= 0.3 is 0 Å². The third-order valence-corrected chi connectivity index (χ3v) is 2.56. The molecule has 1 fully saturated rings. The number of aromatic nitrogens is 2. The zero-order valence-electron chi connectivity index (χ0n) is 7.68. The highest BCUT2D eigenvalue weighted by Crippen LogP contribution is 2.32. The Morgan fingerprint density at radius 2 is 2.62 bits per heavy atom. The summed E-state index contributed by atoms with van der Waals surface area (Å²) in [6, 6.07) is 0. The highest BCUT2D eigenvalue weighted by molar-refractivity contribution is 5.00. The van der Waals surface area contributed by atoms with E-state index in [2.05, 4.69) is 4.98 Å². The molecule has 0 bridgehead atoms. The Balaban J connectivity index is 2.20. The van der Waals surface area contributed by atoms with Crippen molar-refractivity contribution in [1.82, 2.24) is 9.55 Å². The lowest BCUT2D eigenvalue weighted by Gasteiger charge is -2.15. The Bertz CT molecular complexity index is 285. The summed E-state index contributed by atoms with van der Waals surface area (Å²) < 4.78 is 7.48. The number of nitrogens with zero attached hydrogens (tertiary/aromatic N) is 2. The lowest BCUT2D eigenvalue weighted by atomic mass is 10.0. The minimum absolute atomic E-state index is 0.0231. The number of hydrogen-bond acceptors (Lipinski definition) is 3. The molecule has 2 atom stereocenters. The first-order valence-corrected chi connectivity index (χ1v) is 4.52. The lowest BCUT2D eigenvalue weighted by molar-refractivity contribution is 0.0635. The predicted molar refractivity (Wildman–Crippen MR) is 47.1 cm³/mol. The number of aliphatic hydroxyl groups is 1. The van der Waals surface area contributed by atoms with Crippen LogP contribution in [0, 0.1) is 5.92 Å². The van der Waals surface area contributed by atoms with Crippen LogP contribution in [0.4, 0.5) is 0 Å². The molecule has 72 valence electrons. The molecule has 4 nitrogen and oxygen atoms in total. The van der Waals surface area contributed by atoms with Gasteiger partial charge in [0, 0.05) is 38.6 Å². The van der Waals surface area contributed by atoms with Gasteiger partial charge in [0.25, 0.3) is 0 Å². The molecule has 0 amide bonds. The van der Waals surface area contributed by atoms with Crippen LogP contribution >= 0.6 is 0 Å². The fourth-order valence-electron chi connectivity index (χ4n) is 1.76. The van der Waals surface area contributed by atoms with Crippen LogP contribution in [0.5, 0.6) is 0 Å². The minimum atomic E-state index is -0.0231. The quantitative estimate of drug-likeness (QED) is 0.724. The molecule has 13 heavy (non-hydrogen) atoms. The van der Waals surface area contributed by atoms with Crippen LogP contribution in [0.3, 0.4) is 0 Å². The summed E-state index contributed by atoms with van der Waals surface area (Å²) in [4.78, 5) is 4.22. The van der Waals surface area contributed by atoms with Gasteiger partial charge in [-0.15, -0.1) is 0 Å². The SMILES string of the molecule is Cn1ccnc1[C@H]1OCC[C@H]1CO. The summed E-state index contributed by atoms with van der Waals surface area (Å²) in [6.45, 7) is 0.903. The molecule has 2 rings (SSSR count). The molecule has 1 aliphatic rings. The van der Waals surface area contributed by atoms with Gasteiger partial charge in [-0.1, -0.05) is 0 Å². The van der Waals surface area contributed by atoms with Crippen LogP contribution < -0.4 is 0 Å². The maximum Gasteiger partial charge on any atom is 0.138 e. The van der Waals surface area contributed by atoms with Gasteiger partial charge in [0.15, 0.2) is 0 Å². The van der Waals surface area contributed by atoms with Crippen molar-refractivity contribution in [3.63, 3.8) is 0 Å². The molecular formula is C9H14N2O2. The summed E-state index contributed by atoms with van der Waals surface area (Å²) in [5.41, 5.74) is 0. The zero-order chi connectivity index (χ0) is 9.26. The molecule has 0 saturated carbocycles. The molecule has 0 radical (unpaired) electrons. The number of ether oxygens (including phenoxy) is 1. The normalized spacial score (nSPS) is 28.2. The second-order valence-electron chi connectivity index (χ2n) is 3.42. The highest BCUT2D eigenvalue weighted by Gasteiger charge is 2.31. The predicted octanol–water partition coefficient (Wildman–Crippen LogP) is 0.490. The first kappa shape index (κ1) is 8.72. The Kier molecular flexibility index (Phi) is 2.33. The molecule has 0 aliphatic carbocycles. The topological polar surface area (TPSA) is 47.3 Å². The van der Waals surface area contributed by atoms with Gasteiger partial charge < -0.3 is 14.4 Å². The molecule has 1 aromatic heterocycles. The highest BCUT2D eigenvalue weighted by atomic mass is 16.5. The van der Waals surface area contributed by atoms with Gasteiger partial charge in [0.1, 0.15) is 11.9 Å². The maximum absolute atomic E-state index is 9.11. The number of hydrogen-bond donors (Lipinski definition) is 1. The average molecular weight is 182 g/mol. The van der Waals surface area contributed by atoms with Crippen molar-refractivity contribution < 1.29 is 9.84 Å². The molecule has 0 unspecified atom stereocenters.